The van der Waals surface area contributed by atoms with Crippen molar-refractivity contribution in [2.24, 2.45) is 0 Å². The van der Waals surface area contributed by atoms with Crippen molar-refractivity contribution in [1.29, 1.82) is 0 Å². The Kier molecular flexibility index (Phi) is 6.02. The van der Waals surface area contributed by atoms with Crippen LogP contribution in [0.2, 0.25) is 0 Å². The lowest BCUT2D eigenvalue weighted by atomic mass is 10.2. The summed E-state index contributed by atoms with van der Waals surface area (Å²) in [6.45, 7) is 4.30. The number of carbonyl (C=O) groups is 1. The molecule has 0 bridgehead atoms. The van der Waals surface area contributed by atoms with Crippen LogP contribution in [-0.2, 0) is 14.3 Å². The number of likely N-dealkylation sites (N-methyl/N-ethyl adjacent to an activating group) is 1. The standard InChI is InChI=1S/C16H24N2O3/c1-17(14-6-4-3-5-7-14)8-9-18-10-11-21-15(13-18)12-16(19)20-2/h3-7,15H,8-13H2,1-2H3. The van der Waals surface area contributed by atoms with Crippen molar-refractivity contribution in [2.75, 3.05) is 51.8 Å². The van der Waals surface area contributed by atoms with E-state index < -0.39 is 0 Å². The van der Waals surface area contributed by atoms with Gasteiger partial charge in [0.15, 0.2) is 0 Å². The highest BCUT2D eigenvalue weighted by Crippen LogP contribution is 2.12. The van der Waals surface area contributed by atoms with E-state index in [1.807, 2.05) is 18.2 Å². The lowest BCUT2D eigenvalue weighted by Crippen LogP contribution is -2.45. The molecule has 0 spiro atoms. The number of nitrogens with zero attached hydrogens (tertiary/aromatic N) is 2. The van der Waals surface area contributed by atoms with Gasteiger partial charge in [-0.15, -0.1) is 0 Å². The molecule has 1 heterocycles. The first-order chi connectivity index (χ1) is 10.2. The molecule has 0 aromatic heterocycles. The van der Waals surface area contributed by atoms with Gasteiger partial charge in [-0.2, -0.15) is 0 Å². The third-order valence-corrected chi connectivity index (χ3v) is 3.79. The van der Waals surface area contributed by atoms with Crippen molar-refractivity contribution >= 4 is 11.7 Å². The molecule has 21 heavy (non-hydrogen) atoms. The van der Waals surface area contributed by atoms with Crippen molar-refractivity contribution in [3.63, 3.8) is 0 Å². The molecule has 1 saturated heterocycles. The van der Waals surface area contributed by atoms with E-state index in [0.717, 1.165) is 26.2 Å². The average Bonchev–Trinajstić information content (AvgIpc) is 2.53. The highest BCUT2D eigenvalue weighted by atomic mass is 16.5. The van der Waals surface area contributed by atoms with Gasteiger partial charge in [0.25, 0.3) is 0 Å². The molecular weight excluding hydrogens is 268 g/mol. The zero-order valence-corrected chi connectivity index (χ0v) is 12.8. The molecule has 1 aliphatic heterocycles. The molecule has 1 unspecified atom stereocenters. The van der Waals surface area contributed by atoms with Crippen molar-refractivity contribution in [3.8, 4) is 0 Å². The van der Waals surface area contributed by atoms with E-state index in [4.69, 9.17) is 9.47 Å². The molecule has 0 N–H and O–H groups in total. The van der Waals surface area contributed by atoms with Gasteiger partial charge in [0.1, 0.15) is 0 Å². The van der Waals surface area contributed by atoms with Crippen LogP contribution in [0, 0.1) is 0 Å². The number of hydrogen-bond donors (Lipinski definition) is 0. The Morgan fingerprint density at radius 2 is 2.19 bits per heavy atom. The van der Waals surface area contributed by atoms with Crippen molar-refractivity contribution in [1.82, 2.24) is 4.90 Å². The Morgan fingerprint density at radius 1 is 1.43 bits per heavy atom. The van der Waals surface area contributed by atoms with Gasteiger partial charge in [0, 0.05) is 38.9 Å². The molecule has 5 nitrogen and oxygen atoms in total. The maximum atomic E-state index is 11.3. The van der Waals surface area contributed by atoms with E-state index in [2.05, 4.69) is 29.0 Å². The number of hydrogen-bond acceptors (Lipinski definition) is 5. The van der Waals surface area contributed by atoms with Crippen molar-refractivity contribution < 1.29 is 14.3 Å². The minimum absolute atomic E-state index is 0.0479. The minimum atomic E-state index is -0.205. The number of morpholine rings is 1. The third kappa shape index (κ3) is 5.02. The summed E-state index contributed by atoms with van der Waals surface area (Å²) in [5.41, 5.74) is 1.22. The molecule has 1 aliphatic rings. The zero-order chi connectivity index (χ0) is 15.1. The highest BCUT2D eigenvalue weighted by molar-refractivity contribution is 5.69. The molecule has 1 fully saturated rings. The van der Waals surface area contributed by atoms with Gasteiger partial charge in [-0.1, -0.05) is 18.2 Å². The fourth-order valence-corrected chi connectivity index (χ4v) is 2.48. The number of esters is 1. The molecule has 1 aromatic rings. The number of benzene rings is 1. The Balaban J connectivity index is 1.76. The topological polar surface area (TPSA) is 42.0 Å². The smallest absolute Gasteiger partial charge is 0.308 e. The average molecular weight is 292 g/mol. The summed E-state index contributed by atoms with van der Waals surface area (Å²) < 4.78 is 10.3. The Hall–Kier alpha value is -1.59. The van der Waals surface area contributed by atoms with Crippen molar-refractivity contribution in [2.45, 2.75) is 12.5 Å². The molecule has 2 rings (SSSR count). The number of ether oxygens (including phenoxy) is 2. The fraction of sp³-hybridized carbons (Fsp3) is 0.562. The molecule has 5 heteroatoms. The number of para-hydroxylation sites is 1. The second-order valence-corrected chi connectivity index (χ2v) is 5.33. The predicted octanol–water partition coefficient (Wildman–Crippen LogP) is 1.39. The number of methoxy groups -OCH3 is 1. The highest BCUT2D eigenvalue weighted by Gasteiger charge is 2.23. The van der Waals surface area contributed by atoms with E-state index in [0.29, 0.717) is 13.0 Å². The first-order valence-electron chi connectivity index (χ1n) is 7.36. The molecular formula is C16H24N2O3. The summed E-state index contributed by atoms with van der Waals surface area (Å²) in [5.74, 6) is -0.205. The van der Waals surface area contributed by atoms with Crippen molar-refractivity contribution in [3.05, 3.63) is 30.3 Å². The van der Waals surface area contributed by atoms with E-state index in [1.54, 1.807) is 0 Å². The molecule has 0 aliphatic carbocycles. The Morgan fingerprint density at radius 3 is 2.90 bits per heavy atom. The fourth-order valence-electron chi connectivity index (χ4n) is 2.48. The van der Waals surface area contributed by atoms with Gasteiger partial charge < -0.3 is 14.4 Å². The van der Waals surface area contributed by atoms with Gasteiger partial charge in [-0.25, -0.2) is 0 Å². The summed E-state index contributed by atoms with van der Waals surface area (Å²) in [6, 6.07) is 10.3. The van der Waals surface area contributed by atoms with Gasteiger partial charge >= 0.3 is 5.97 Å². The minimum Gasteiger partial charge on any atom is -0.469 e. The van der Waals surface area contributed by atoms with Crippen LogP contribution in [0.5, 0.6) is 0 Å². The van der Waals surface area contributed by atoms with Gasteiger partial charge in [0.05, 0.1) is 26.2 Å². The van der Waals surface area contributed by atoms with Crippen LogP contribution in [-0.4, -0.2) is 63.9 Å². The van der Waals surface area contributed by atoms with Crippen LogP contribution >= 0.6 is 0 Å². The second-order valence-electron chi connectivity index (χ2n) is 5.33. The van der Waals surface area contributed by atoms with Crippen LogP contribution in [0.1, 0.15) is 6.42 Å². The summed E-state index contributed by atoms with van der Waals surface area (Å²) in [7, 11) is 3.51. The molecule has 1 atom stereocenters. The van der Waals surface area contributed by atoms with Crippen LogP contribution in [0.25, 0.3) is 0 Å². The second kappa shape index (κ2) is 8.00. The Labute approximate surface area is 126 Å². The number of rotatable bonds is 6. The van der Waals surface area contributed by atoms with Gasteiger partial charge in [-0.3, -0.25) is 9.69 Å². The van der Waals surface area contributed by atoms with Gasteiger partial charge in [-0.05, 0) is 12.1 Å². The normalized spacial score (nSPS) is 19.2. The summed E-state index contributed by atoms with van der Waals surface area (Å²) >= 11 is 0. The van der Waals surface area contributed by atoms with Crippen LogP contribution in [0.15, 0.2) is 30.3 Å². The maximum Gasteiger partial charge on any atom is 0.308 e. The SMILES string of the molecule is COC(=O)CC1CN(CCN(C)c2ccccc2)CCO1. The van der Waals surface area contributed by atoms with Crippen LogP contribution in [0.3, 0.4) is 0 Å². The van der Waals surface area contributed by atoms with E-state index in [9.17, 15) is 4.79 Å². The zero-order valence-electron chi connectivity index (χ0n) is 12.8. The van der Waals surface area contributed by atoms with E-state index >= 15 is 0 Å². The first-order valence-corrected chi connectivity index (χ1v) is 7.36. The largest absolute Gasteiger partial charge is 0.469 e. The molecule has 0 amide bonds. The number of anilines is 1. The summed E-state index contributed by atoms with van der Waals surface area (Å²) in [5, 5.41) is 0. The molecule has 116 valence electrons. The van der Waals surface area contributed by atoms with E-state index in [1.165, 1.54) is 12.8 Å². The number of carbonyl (C=O) groups excluding carboxylic acids is 1. The third-order valence-electron chi connectivity index (χ3n) is 3.79. The molecule has 0 saturated carbocycles. The van der Waals surface area contributed by atoms with Crippen LogP contribution < -0.4 is 4.90 Å². The summed E-state index contributed by atoms with van der Waals surface area (Å²) in [4.78, 5) is 15.9. The van der Waals surface area contributed by atoms with Gasteiger partial charge in [0.2, 0.25) is 0 Å². The monoisotopic (exact) mass is 292 g/mol. The van der Waals surface area contributed by atoms with Crippen LogP contribution in [0.4, 0.5) is 5.69 Å². The molecule has 0 radical (unpaired) electrons. The maximum absolute atomic E-state index is 11.3. The summed E-state index contributed by atoms with van der Waals surface area (Å²) in [6.07, 6.45) is 0.287. The first kappa shape index (κ1) is 15.8. The predicted molar refractivity (Wildman–Crippen MR) is 82.5 cm³/mol. The molecule has 1 aromatic carbocycles. The quantitative estimate of drug-likeness (QED) is 0.741. The lowest BCUT2D eigenvalue weighted by molar-refractivity contribution is -0.145. The lowest BCUT2D eigenvalue weighted by Gasteiger charge is -2.33. The van der Waals surface area contributed by atoms with E-state index in [-0.39, 0.29) is 12.1 Å². The Bertz CT molecular complexity index is 438.